The molecule has 0 bridgehead atoms. The normalized spacial score (nSPS) is 17.1. The van der Waals surface area contributed by atoms with Gasteiger partial charge in [-0.05, 0) is 18.7 Å². The molecule has 2 rings (SSSR count). The molecule has 1 aromatic carbocycles. The minimum absolute atomic E-state index is 0.239. The summed E-state index contributed by atoms with van der Waals surface area (Å²) < 4.78 is 41.7. The van der Waals surface area contributed by atoms with Crippen LogP contribution in [0.25, 0.3) is 0 Å². The highest BCUT2D eigenvalue weighted by molar-refractivity contribution is 9.10. The van der Waals surface area contributed by atoms with Crippen molar-refractivity contribution >= 4 is 37.7 Å². The molecule has 0 unspecified atom stereocenters. The smallest absolute Gasteiger partial charge is 0.246 e. The molecule has 0 aromatic heterocycles. The first kappa shape index (κ1) is 17.2. The van der Waals surface area contributed by atoms with Crippen molar-refractivity contribution in [3.8, 4) is 0 Å². The highest BCUT2D eigenvalue weighted by Crippen LogP contribution is 2.28. The zero-order valence-electron chi connectivity index (χ0n) is 11.7. The molecule has 118 valence electrons. The van der Waals surface area contributed by atoms with E-state index in [1.165, 1.54) is 10.4 Å². The average Bonchev–Trinajstić information content (AvgIpc) is 2.48. The number of benzene rings is 1. The Morgan fingerprint density at radius 1 is 1.38 bits per heavy atom. The summed E-state index contributed by atoms with van der Waals surface area (Å²) in [6.07, 6.45) is 0. The molecule has 0 amide bonds. The molecule has 1 aliphatic heterocycles. The summed E-state index contributed by atoms with van der Waals surface area (Å²) in [4.78, 5) is -0.239. The van der Waals surface area contributed by atoms with Crippen LogP contribution in [-0.4, -0.2) is 43.9 Å². The maximum absolute atomic E-state index is 14.6. The van der Waals surface area contributed by atoms with Gasteiger partial charge in [0.15, 0.2) is 0 Å². The molecule has 0 radical (unpaired) electrons. The Labute approximate surface area is 137 Å². The van der Waals surface area contributed by atoms with Gasteiger partial charge < -0.3 is 5.32 Å². The van der Waals surface area contributed by atoms with Crippen molar-refractivity contribution in [2.24, 2.45) is 0 Å². The summed E-state index contributed by atoms with van der Waals surface area (Å²) in [7, 11) is -3.78. The predicted octanol–water partition coefficient (Wildman–Crippen LogP) is 2.44. The molecule has 1 fully saturated rings. The van der Waals surface area contributed by atoms with Crippen LogP contribution in [0, 0.1) is 5.82 Å². The van der Waals surface area contributed by atoms with E-state index in [-0.39, 0.29) is 4.90 Å². The lowest BCUT2D eigenvalue weighted by molar-refractivity contribution is 0.437. The number of nitrogens with zero attached hydrogens (tertiary/aromatic N) is 1. The molecule has 21 heavy (non-hydrogen) atoms. The Bertz CT molecular complexity index is 604. The van der Waals surface area contributed by atoms with Gasteiger partial charge in [0.05, 0.1) is 0 Å². The molecule has 0 aliphatic carbocycles. The van der Waals surface area contributed by atoms with Crippen LogP contribution in [0.15, 0.2) is 21.5 Å². The van der Waals surface area contributed by atoms with E-state index in [1.807, 2.05) is 6.92 Å². The first-order valence-electron chi connectivity index (χ1n) is 6.73. The van der Waals surface area contributed by atoms with Crippen LogP contribution in [0.1, 0.15) is 12.5 Å². The molecule has 8 heteroatoms. The van der Waals surface area contributed by atoms with E-state index in [4.69, 9.17) is 0 Å². The number of rotatable bonds is 5. The van der Waals surface area contributed by atoms with Crippen LogP contribution in [0.3, 0.4) is 0 Å². The first-order chi connectivity index (χ1) is 9.96. The van der Waals surface area contributed by atoms with Crippen molar-refractivity contribution in [1.29, 1.82) is 0 Å². The fourth-order valence-corrected chi connectivity index (χ4v) is 5.49. The van der Waals surface area contributed by atoms with Crippen molar-refractivity contribution in [3.63, 3.8) is 0 Å². The number of hydrogen-bond donors (Lipinski definition) is 1. The minimum atomic E-state index is -3.78. The molecule has 1 N–H and O–H groups in total. The molecule has 0 spiro atoms. The Balaban J connectivity index is 2.39. The lowest BCUT2D eigenvalue weighted by Gasteiger charge is -2.26. The van der Waals surface area contributed by atoms with E-state index >= 15 is 0 Å². The fraction of sp³-hybridized carbons (Fsp3) is 0.538. The molecular formula is C13H18BrFN2O2S2. The summed E-state index contributed by atoms with van der Waals surface area (Å²) in [5.41, 5.74) is 0.358. The molecule has 0 atom stereocenters. The van der Waals surface area contributed by atoms with Crippen LogP contribution >= 0.6 is 27.7 Å². The minimum Gasteiger partial charge on any atom is -0.313 e. The lowest BCUT2D eigenvalue weighted by Crippen LogP contribution is -2.38. The number of nitrogens with one attached hydrogen (secondary N) is 1. The van der Waals surface area contributed by atoms with E-state index < -0.39 is 15.8 Å². The molecule has 0 saturated carbocycles. The Kier molecular flexibility index (Phi) is 6.07. The molecule has 1 saturated heterocycles. The molecule has 1 aromatic rings. The third kappa shape index (κ3) is 3.98. The van der Waals surface area contributed by atoms with Crippen LogP contribution in [0.4, 0.5) is 4.39 Å². The van der Waals surface area contributed by atoms with Gasteiger partial charge in [0.2, 0.25) is 10.0 Å². The van der Waals surface area contributed by atoms with Gasteiger partial charge >= 0.3 is 0 Å². The Hall–Kier alpha value is -0.150. The number of thioether (sulfide) groups is 1. The highest BCUT2D eigenvalue weighted by Gasteiger charge is 2.30. The largest absolute Gasteiger partial charge is 0.313 e. The van der Waals surface area contributed by atoms with Gasteiger partial charge in [-0.15, -0.1) is 0 Å². The van der Waals surface area contributed by atoms with Gasteiger partial charge in [-0.25, -0.2) is 12.8 Å². The van der Waals surface area contributed by atoms with Crippen molar-refractivity contribution in [2.45, 2.75) is 18.4 Å². The van der Waals surface area contributed by atoms with E-state index in [1.54, 1.807) is 17.8 Å². The maximum Gasteiger partial charge on any atom is 0.246 e. The van der Waals surface area contributed by atoms with Gasteiger partial charge in [0, 0.05) is 41.2 Å². The van der Waals surface area contributed by atoms with E-state index in [9.17, 15) is 12.8 Å². The van der Waals surface area contributed by atoms with Gasteiger partial charge in [0.1, 0.15) is 10.7 Å². The highest BCUT2D eigenvalue weighted by atomic mass is 79.9. The quantitative estimate of drug-likeness (QED) is 0.829. The number of sulfonamides is 1. The lowest BCUT2D eigenvalue weighted by atomic mass is 10.2. The average molecular weight is 397 g/mol. The van der Waals surface area contributed by atoms with Crippen molar-refractivity contribution in [1.82, 2.24) is 9.62 Å². The molecule has 1 aliphatic rings. The second-order valence-corrected chi connectivity index (χ2v) is 8.72. The van der Waals surface area contributed by atoms with Gasteiger partial charge in [-0.2, -0.15) is 16.1 Å². The van der Waals surface area contributed by atoms with E-state index in [0.29, 0.717) is 36.2 Å². The van der Waals surface area contributed by atoms with E-state index in [0.717, 1.165) is 11.5 Å². The second-order valence-electron chi connectivity index (χ2n) is 4.67. The summed E-state index contributed by atoms with van der Waals surface area (Å²) in [6, 6.07) is 2.96. The third-order valence-corrected chi connectivity index (χ3v) is 6.53. The Morgan fingerprint density at radius 3 is 2.67 bits per heavy atom. The van der Waals surface area contributed by atoms with Crippen molar-refractivity contribution in [2.75, 3.05) is 31.1 Å². The molecule has 1 heterocycles. The van der Waals surface area contributed by atoms with Crippen LogP contribution < -0.4 is 5.32 Å². The number of hydrogen-bond acceptors (Lipinski definition) is 4. The zero-order chi connectivity index (χ0) is 15.5. The van der Waals surface area contributed by atoms with Gasteiger partial charge in [-0.1, -0.05) is 22.9 Å². The van der Waals surface area contributed by atoms with Crippen LogP contribution in [0.2, 0.25) is 0 Å². The van der Waals surface area contributed by atoms with Crippen molar-refractivity contribution in [3.05, 3.63) is 28.0 Å². The van der Waals surface area contributed by atoms with Gasteiger partial charge in [0.25, 0.3) is 0 Å². The van der Waals surface area contributed by atoms with Crippen molar-refractivity contribution < 1.29 is 12.8 Å². The predicted molar refractivity (Wildman–Crippen MR) is 87.6 cm³/mol. The van der Waals surface area contributed by atoms with Crippen LogP contribution in [-0.2, 0) is 16.6 Å². The fourth-order valence-electron chi connectivity index (χ4n) is 2.12. The molecule has 4 nitrogen and oxygen atoms in total. The summed E-state index contributed by atoms with van der Waals surface area (Å²) in [5.74, 6) is 0.843. The standard InChI is InChI=1S/C13H18BrFN2O2S2/c1-2-16-9-10-7-11(14)8-12(13(10)15)21(18,19)17-3-5-20-6-4-17/h7-8,16H,2-6,9H2,1H3. The summed E-state index contributed by atoms with van der Waals surface area (Å²) in [5, 5.41) is 3.02. The monoisotopic (exact) mass is 396 g/mol. The topological polar surface area (TPSA) is 49.4 Å². The third-order valence-electron chi connectivity index (χ3n) is 3.23. The first-order valence-corrected chi connectivity index (χ1v) is 10.1. The van der Waals surface area contributed by atoms with E-state index in [2.05, 4.69) is 21.2 Å². The molecular weight excluding hydrogens is 379 g/mol. The zero-order valence-corrected chi connectivity index (χ0v) is 15.0. The van der Waals surface area contributed by atoms with Gasteiger partial charge in [-0.3, -0.25) is 0 Å². The Morgan fingerprint density at radius 2 is 2.05 bits per heavy atom. The summed E-state index contributed by atoms with van der Waals surface area (Å²) in [6.45, 7) is 3.78. The summed E-state index contributed by atoms with van der Waals surface area (Å²) >= 11 is 4.99. The maximum atomic E-state index is 14.6. The SMILES string of the molecule is CCNCc1cc(Br)cc(S(=O)(=O)N2CCSCC2)c1F. The van der Waals surface area contributed by atoms with Crippen LogP contribution in [0.5, 0.6) is 0 Å². The number of halogens is 2. The second kappa shape index (κ2) is 7.41.